The Morgan fingerprint density at radius 2 is 1.83 bits per heavy atom. The van der Waals surface area contributed by atoms with Crippen molar-refractivity contribution in [2.75, 3.05) is 63.9 Å². The number of piperidine rings is 1. The van der Waals surface area contributed by atoms with E-state index in [4.69, 9.17) is 0 Å². The van der Waals surface area contributed by atoms with E-state index in [1.54, 1.807) is 13.8 Å². The highest BCUT2D eigenvalue weighted by molar-refractivity contribution is 7.89. The Morgan fingerprint density at radius 1 is 1.12 bits per heavy atom. The summed E-state index contributed by atoms with van der Waals surface area (Å²) in [5.41, 5.74) is -2.60. The van der Waals surface area contributed by atoms with Gasteiger partial charge in [-0.25, -0.2) is 22.8 Å². The lowest BCUT2D eigenvalue weighted by atomic mass is 10.1. The minimum absolute atomic E-state index is 0.0470. The summed E-state index contributed by atoms with van der Waals surface area (Å²) in [5.74, 6) is -0.282. The molecule has 4 rings (SSSR count). The van der Waals surface area contributed by atoms with Gasteiger partial charge in [0, 0.05) is 57.2 Å². The fraction of sp³-hybridized carbons (Fsp3) is 0.720. The number of sulfonamides is 1. The van der Waals surface area contributed by atoms with Gasteiger partial charge in [0.15, 0.2) is 0 Å². The molecule has 2 atom stereocenters. The molecule has 2 aromatic rings. The number of piperazine rings is 1. The van der Waals surface area contributed by atoms with E-state index < -0.39 is 45.3 Å². The second-order valence-corrected chi connectivity index (χ2v) is 13.5. The van der Waals surface area contributed by atoms with Crippen molar-refractivity contribution in [1.29, 1.82) is 0 Å². The molecule has 2 fully saturated rings. The third-order valence-electron chi connectivity index (χ3n) is 7.23. The highest BCUT2D eigenvalue weighted by Gasteiger charge is 2.38. The van der Waals surface area contributed by atoms with Gasteiger partial charge in [-0.05, 0) is 40.3 Å². The monoisotopic (exact) mass is 606 g/mol. The van der Waals surface area contributed by atoms with Crippen molar-refractivity contribution in [3.63, 3.8) is 0 Å². The van der Waals surface area contributed by atoms with E-state index in [1.807, 2.05) is 7.05 Å². The predicted molar refractivity (Wildman–Crippen MR) is 145 cm³/mol. The molecule has 0 radical (unpaired) electrons. The number of likely N-dealkylation sites (N-methyl/N-ethyl adjacent to an activating group) is 1. The van der Waals surface area contributed by atoms with Crippen LogP contribution in [0.1, 0.15) is 32.3 Å². The molecule has 2 aromatic heterocycles. The first-order valence-corrected chi connectivity index (χ1v) is 15.2. The molecular formula is C25H38F4N8O3S. The third kappa shape index (κ3) is 8.56. The first-order valence-electron chi connectivity index (χ1n) is 13.6. The summed E-state index contributed by atoms with van der Waals surface area (Å²) >= 11 is 0. The zero-order chi connectivity index (χ0) is 30.0. The molecule has 2 N–H and O–H groups in total. The van der Waals surface area contributed by atoms with Crippen molar-refractivity contribution in [3.05, 3.63) is 24.2 Å². The Kier molecular flexibility index (Phi) is 9.58. The van der Waals surface area contributed by atoms with Crippen molar-refractivity contribution in [2.45, 2.75) is 57.2 Å². The van der Waals surface area contributed by atoms with Crippen molar-refractivity contribution < 1.29 is 31.1 Å². The number of aromatic nitrogens is 4. The van der Waals surface area contributed by atoms with Crippen LogP contribution in [0.4, 0.5) is 23.5 Å². The molecule has 4 heterocycles. The number of rotatable bonds is 10. The van der Waals surface area contributed by atoms with E-state index in [1.165, 1.54) is 17.1 Å². The summed E-state index contributed by atoms with van der Waals surface area (Å²) in [6.45, 7) is 7.16. The number of hydrogen-bond donors (Lipinski definition) is 2. The molecule has 0 unspecified atom stereocenters. The quantitative estimate of drug-likeness (QED) is 0.391. The molecule has 0 bridgehead atoms. The van der Waals surface area contributed by atoms with E-state index in [0.717, 1.165) is 30.5 Å². The topological polar surface area (TPSA) is 120 Å². The first-order chi connectivity index (χ1) is 19.1. The normalized spacial score (nSPS) is 22.2. The van der Waals surface area contributed by atoms with Crippen molar-refractivity contribution in [2.24, 2.45) is 0 Å². The van der Waals surface area contributed by atoms with Gasteiger partial charge in [0.2, 0.25) is 16.0 Å². The van der Waals surface area contributed by atoms with Gasteiger partial charge in [-0.1, -0.05) is 0 Å². The number of alkyl halides is 4. The van der Waals surface area contributed by atoms with Gasteiger partial charge in [0.05, 0.1) is 35.8 Å². The van der Waals surface area contributed by atoms with Crippen LogP contribution in [0.3, 0.4) is 0 Å². The maximum absolute atomic E-state index is 15.2. The van der Waals surface area contributed by atoms with Crippen LogP contribution < -0.4 is 5.32 Å². The second-order valence-electron chi connectivity index (χ2n) is 11.4. The second kappa shape index (κ2) is 12.5. The molecule has 16 heteroatoms. The summed E-state index contributed by atoms with van der Waals surface area (Å²) in [6, 6.07) is -0.880. The van der Waals surface area contributed by atoms with Crippen LogP contribution in [0.15, 0.2) is 18.6 Å². The molecule has 2 aliphatic rings. The Hall–Kier alpha value is -2.40. The average Bonchev–Trinajstić information content (AvgIpc) is 3.32. The van der Waals surface area contributed by atoms with Gasteiger partial charge in [-0.3, -0.25) is 4.68 Å². The fourth-order valence-corrected chi connectivity index (χ4v) is 6.48. The Labute approximate surface area is 237 Å². The summed E-state index contributed by atoms with van der Waals surface area (Å²) in [6.07, 6.45) is -2.63. The highest BCUT2D eigenvalue weighted by Crippen LogP contribution is 2.36. The van der Waals surface area contributed by atoms with Crippen molar-refractivity contribution >= 4 is 16.0 Å². The van der Waals surface area contributed by atoms with Crippen LogP contribution in [0.5, 0.6) is 0 Å². The molecular weight excluding hydrogens is 568 g/mol. The zero-order valence-corrected chi connectivity index (χ0v) is 24.3. The number of anilines is 1. The standard InChI is InChI=1S/C25H38F4N8O3S/c1-24(2,38)17-36-15-18(13-31-36)22-19(25(27,28)29)14-30-23(33-22)32-21-5-7-37(16-20(21)26)41(39,40)12-4-6-35-10-8-34(3)9-11-35/h13-15,20-21,38H,4-12,16-17H2,1-3H3,(H,30,32,33)/t20-,21+/m1/s1. The van der Waals surface area contributed by atoms with Gasteiger partial charge in [-0.15, -0.1) is 0 Å². The van der Waals surface area contributed by atoms with Crippen LogP contribution in [-0.4, -0.2) is 124 Å². The van der Waals surface area contributed by atoms with Crippen molar-refractivity contribution in [3.8, 4) is 11.3 Å². The summed E-state index contributed by atoms with van der Waals surface area (Å²) in [5, 5.41) is 16.8. The maximum Gasteiger partial charge on any atom is 0.419 e. The molecule has 0 aliphatic carbocycles. The molecule has 2 aliphatic heterocycles. The molecule has 2 saturated heterocycles. The number of halogens is 4. The number of nitrogens with zero attached hydrogens (tertiary/aromatic N) is 7. The Bertz CT molecular complexity index is 1280. The van der Waals surface area contributed by atoms with E-state index >= 15 is 4.39 Å². The molecule has 0 amide bonds. The van der Waals surface area contributed by atoms with E-state index in [2.05, 4.69) is 30.2 Å². The maximum atomic E-state index is 15.2. The van der Waals surface area contributed by atoms with Gasteiger partial charge in [0.25, 0.3) is 0 Å². The molecule has 11 nitrogen and oxygen atoms in total. The number of hydrogen-bond acceptors (Lipinski definition) is 9. The van der Waals surface area contributed by atoms with E-state index in [-0.39, 0.29) is 43.3 Å². The van der Waals surface area contributed by atoms with Crippen molar-refractivity contribution in [1.82, 2.24) is 33.9 Å². The fourth-order valence-electron chi connectivity index (χ4n) is 4.98. The lowest BCUT2D eigenvalue weighted by molar-refractivity contribution is -0.137. The van der Waals surface area contributed by atoms with E-state index in [0.29, 0.717) is 19.2 Å². The van der Waals surface area contributed by atoms with Crippen LogP contribution in [0.2, 0.25) is 0 Å². The minimum atomic E-state index is -4.75. The third-order valence-corrected chi connectivity index (χ3v) is 9.16. The van der Waals surface area contributed by atoms with Gasteiger partial charge < -0.3 is 20.2 Å². The van der Waals surface area contributed by atoms with Crippen LogP contribution in [0, 0.1) is 0 Å². The van der Waals surface area contributed by atoms with Gasteiger partial charge in [0.1, 0.15) is 11.7 Å². The molecule has 41 heavy (non-hydrogen) atoms. The van der Waals surface area contributed by atoms with Gasteiger partial charge >= 0.3 is 6.18 Å². The Morgan fingerprint density at radius 3 is 2.46 bits per heavy atom. The lowest BCUT2D eigenvalue weighted by Gasteiger charge is -2.35. The highest BCUT2D eigenvalue weighted by atomic mass is 32.2. The average molecular weight is 607 g/mol. The van der Waals surface area contributed by atoms with E-state index in [9.17, 15) is 26.7 Å². The molecule has 0 aromatic carbocycles. The first kappa shape index (κ1) is 31.5. The minimum Gasteiger partial charge on any atom is -0.389 e. The molecule has 230 valence electrons. The van der Waals surface area contributed by atoms with Gasteiger partial charge in [-0.2, -0.15) is 22.6 Å². The SMILES string of the molecule is CN1CCN(CCCS(=O)(=O)N2CC[C@H](Nc3ncc(C(F)(F)F)c(-c4cnn(CC(C)(C)O)c4)n3)[C@H](F)C2)CC1. The summed E-state index contributed by atoms with van der Waals surface area (Å²) in [4.78, 5) is 12.3. The Balaban J connectivity index is 1.39. The number of nitrogens with one attached hydrogen (secondary N) is 1. The predicted octanol–water partition coefficient (Wildman–Crippen LogP) is 1.92. The molecule has 0 saturated carbocycles. The lowest BCUT2D eigenvalue weighted by Crippen LogP contribution is -2.50. The van der Waals surface area contributed by atoms with Crippen LogP contribution in [-0.2, 0) is 22.7 Å². The molecule has 0 spiro atoms. The van der Waals surface area contributed by atoms with Crippen LogP contribution >= 0.6 is 0 Å². The zero-order valence-electron chi connectivity index (χ0n) is 23.5. The smallest absolute Gasteiger partial charge is 0.389 e. The largest absolute Gasteiger partial charge is 0.419 e. The summed E-state index contributed by atoms with van der Waals surface area (Å²) < 4.78 is 84.6. The summed E-state index contributed by atoms with van der Waals surface area (Å²) in [7, 11) is -1.61. The van der Waals surface area contributed by atoms with Crippen LogP contribution in [0.25, 0.3) is 11.3 Å². The number of aliphatic hydroxyl groups is 1.